The number of hydrogen-bond acceptors (Lipinski definition) is 7. The Bertz CT molecular complexity index is 306. The van der Waals surface area contributed by atoms with Crippen LogP contribution in [0.3, 0.4) is 0 Å². The van der Waals surface area contributed by atoms with Crippen molar-refractivity contribution in [3.63, 3.8) is 0 Å². The molecule has 0 aromatic rings. The maximum absolute atomic E-state index is 9.09. The van der Waals surface area contributed by atoms with Gasteiger partial charge in [0.25, 0.3) is 0 Å². The van der Waals surface area contributed by atoms with Crippen LogP contribution in [0, 0.1) is 0 Å². The summed E-state index contributed by atoms with van der Waals surface area (Å²) in [6.07, 6.45) is 3.54. The Balaban J connectivity index is 2.36. The monoisotopic (exact) mass is 349 g/mol. The summed E-state index contributed by atoms with van der Waals surface area (Å²) in [5, 5.41) is 18.2. The van der Waals surface area contributed by atoms with Gasteiger partial charge < -0.3 is 34.1 Å². The van der Waals surface area contributed by atoms with E-state index in [0.717, 1.165) is 24.5 Å². The molecular weight excluding hydrogens is 316 g/mol. The summed E-state index contributed by atoms with van der Waals surface area (Å²) in [5.74, 6) is 0. The lowest BCUT2D eigenvalue weighted by Crippen LogP contribution is -3.08. The average Bonchev–Trinajstić information content (AvgIpc) is 2.58. The van der Waals surface area contributed by atoms with Gasteiger partial charge in [0.2, 0.25) is 0 Å². The first-order valence-electron chi connectivity index (χ1n) is 8.67. The lowest BCUT2D eigenvalue weighted by atomic mass is 10.4. The molecule has 142 valence electrons. The van der Waals surface area contributed by atoms with Crippen molar-refractivity contribution in [2.45, 2.75) is 0 Å². The molecule has 0 aromatic carbocycles. The molecule has 8 heteroatoms. The van der Waals surface area contributed by atoms with Gasteiger partial charge in [-0.05, 0) is 0 Å². The van der Waals surface area contributed by atoms with Crippen molar-refractivity contribution in [1.29, 1.82) is 0 Å². The van der Waals surface area contributed by atoms with Crippen LogP contribution in [-0.4, -0.2) is 107 Å². The van der Waals surface area contributed by atoms with Crippen molar-refractivity contribution in [3.05, 3.63) is 12.5 Å². The molecule has 0 amide bonds. The van der Waals surface area contributed by atoms with E-state index < -0.39 is 0 Å². The number of quaternary nitrogens is 1. The van der Waals surface area contributed by atoms with E-state index in [1.54, 1.807) is 6.26 Å². The van der Waals surface area contributed by atoms with Crippen LogP contribution in [0.25, 0.3) is 0 Å². The molecule has 0 radical (unpaired) electrons. The van der Waals surface area contributed by atoms with Gasteiger partial charge in [0.1, 0.15) is 32.2 Å². The van der Waals surface area contributed by atoms with Crippen LogP contribution in [0.4, 0.5) is 0 Å². The summed E-state index contributed by atoms with van der Waals surface area (Å²) in [6.45, 7) is 7.69. The summed E-state index contributed by atoms with van der Waals surface area (Å²) in [7, 11) is 0. The molecule has 24 heavy (non-hydrogen) atoms. The highest BCUT2D eigenvalue weighted by molar-refractivity contribution is 4.60. The fourth-order valence-electron chi connectivity index (χ4n) is 2.25. The molecule has 0 fully saturated rings. The Morgan fingerprint density at radius 2 is 1.50 bits per heavy atom. The largest absolute Gasteiger partial charge is 0.493 e. The summed E-state index contributed by atoms with van der Waals surface area (Å²) in [4.78, 5) is 3.21. The summed E-state index contributed by atoms with van der Waals surface area (Å²) < 4.78 is 22.1. The smallest absolute Gasteiger partial charge is 0.136 e. The van der Waals surface area contributed by atoms with E-state index >= 15 is 0 Å². The molecule has 0 bridgehead atoms. The normalized spacial score (nSPS) is 25.3. The molecule has 1 heterocycles. The Morgan fingerprint density at radius 1 is 0.833 bits per heavy atom. The number of nitrogens with zero attached hydrogens (tertiary/aromatic N) is 1. The molecule has 1 atom stereocenters. The molecule has 1 rings (SSSR count). The number of hydrogen-bond donors (Lipinski definition) is 3. The van der Waals surface area contributed by atoms with Crippen molar-refractivity contribution in [3.8, 4) is 0 Å². The second-order valence-electron chi connectivity index (χ2n) is 5.46. The number of nitrogens with one attached hydrogen (secondary N) is 1. The van der Waals surface area contributed by atoms with Crippen LogP contribution < -0.4 is 4.90 Å². The molecule has 8 nitrogen and oxygen atoms in total. The number of ether oxygens (including phenoxy) is 4. The van der Waals surface area contributed by atoms with E-state index in [0.29, 0.717) is 59.3 Å². The van der Waals surface area contributed by atoms with E-state index in [9.17, 15) is 0 Å². The highest BCUT2D eigenvalue weighted by Gasteiger charge is 2.06. The molecule has 0 saturated carbocycles. The fourth-order valence-corrected chi connectivity index (χ4v) is 2.25. The standard InChI is InChI=1S/C16H32N2O6/c19-7-1-17-3-9-21-13-15-23-11-5-18(2-8-20)6-12-24-16-14-22-10-4-17/h3,9,19-20H,1-2,4-8,10-16H2/p+1/b9-3-. The van der Waals surface area contributed by atoms with Gasteiger partial charge in [0.05, 0.1) is 52.9 Å². The van der Waals surface area contributed by atoms with Crippen molar-refractivity contribution in [1.82, 2.24) is 4.90 Å². The van der Waals surface area contributed by atoms with Gasteiger partial charge in [-0.25, -0.2) is 0 Å². The fraction of sp³-hybridized carbons (Fsp3) is 0.875. The predicted molar refractivity (Wildman–Crippen MR) is 88.9 cm³/mol. The number of aliphatic hydroxyl groups excluding tert-OH is 2. The minimum Gasteiger partial charge on any atom is -0.493 e. The van der Waals surface area contributed by atoms with Crippen LogP contribution in [0.2, 0.25) is 0 Å². The summed E-state index contributed by atoms with van der Waals surface area (Å²) in [6, 6.07) is 0. The maximum atomic E-state index is 9.09. The van der Waals surface area contributed by atoms with Gasteiger partial charge in [0, 0.05) is 19.6 Å². The van der Waals surface area contributed by atoms with Gasteiger partial charge in [-0.1, -0.05) is 0 Å². The third kappa shape index (κ3) is 11.7. The van der Waals surface area contributed by atoms with Crippen molar-refractivity contribution < 1.29 is 34.1 Å². The second kappa shape index (κ2) is 15.8. The first kappa shape index (κ1) is 21.3. The molecule has 0 saturated heterocycles. The first-order valence-corrected chi connectivity index (χ1v) is 8.67. The average molecular weight is 349 g/mol. The Kier molecular flexibility index (Phi) is 14.0. The highest BCUT2D eigenvalue weighted by Crippen LogP contribution is 1.91. The van der Waals surface area contributed by atoms with Crippen LogP contribution in [-0.2, 0) is 18.9 Å². The lowest BCUT2D eigenvalue weighted by molar-refractivity contribution is -0.848. The number of rotatable bonds is 4. The van der Waals surface area contributed by atoms with E-state index in [4.69, 9.17) is 29.2 Å². The Hall–Kier alpha value is -0.740. The van der Waals surface area contributed by atoms with E-state index in [1.807, 2.05) is 6.20 Å². The SMILES string of the molecule is OCCN1CCOCCO/C=C\[NH+](CCO)CCOCCOCC1. The third-order valence-corrected chi connectivity index (χ3v) is 3.64. The van der Waals surface area contributed by atoms with Crippen molar-refractivity contribution in [2.24, 2.45) is 0 Å². The topological polar surface area (TPSA) is 85.1 Å². The summed E-state index contributed by atoms with van der Waals surface area (Å²) in [5.41, 5.74) is 0. The van der Waals surface area contributed by atoms with Crippen LogP contribution in [0.15, 0.2) is 12.5 Å². The van der Waals surface area contributed by atoms with E-state index in [2.05, 4.69) is 4.90 Å². The number of β-amino-alcohol motifs (C(OH)–C–C–N with tert-alkyl or cyclic N) is 1. The zero-order chi connectivity index (χ0) is 17.3. The van der Waals surface area contributed by atoms with E-state index in [-0.39, 0.29) is 13.2 Å². The molecule has 0 aliphatic carbocycles. The first-order chi connectivity index (χ1) is 11.9. The Labute approximate surface area is 144 Å². The third-order valence-electron chi connectivity index (χ3n) is 3.64. The van der Waals surface area contributed by atoms with Gasteiger partial charge in [-0.15, -0.1) is 0 Å². The van der Waals surface area contributed by atoms with Gasteiger partial charge >= 0.3 is 0 Å². The zero-order valence-electron chi connectivity index (χ0n) is 14.5. The number of aliphatic hydroxyl groups is 2. The van der Waals surface area contributed by atoms with Gasteiger partial charge in [0.15, 0.2) is 0 Å². The van der Waals surface area contributed by atoms with Crippen LogP contribution >= 0.6 is 0 Å². The molecule has 0 aromatic heterocycles. The molecule has 3 N–H and O–H groups in total. The minimum atomic E-state index is 0.121. The van der Waals surface area contributed by atoms with Gasteiger partial charge in [-0.3, -0.25) is 4.90 Å². The molecular formula is C16H33N2O6+. The molecule has 1 aliphatic rings. The minimum absolute atomic E-state index is 0.121. The van der Waals surface area contributed by atoms with Crippen LogP contribution in [0.1, 0.15) is 0 Å². The molecule has 1 aliphatic heterocycles. The van der Waals surface area contributed by atoms with Gasteiger partial charge in [-0.2, -0.15) is 0 Å². The lowest BCUT2D eigenvalue weighted by Gasteiger charge is -2.21. The quantitative estimate of drug-likeness (QED) is 0.527. The summed E-state index contributed by atoms with van der Waals surface area (Å²) >= 11 is 0. The van der Waals surface area contributed by atoms with Crippen LogP contribution in [0.5, 0.6) is 0 Å². The molecule has 0 spiro atoms. The predicted octanol–water partition coefficient (Wildman–Crippen LogP) is -2.29. The van der Waals surface area contributed by atoms with Crippen molar-refractivity contribution >= 4 is 0 Å². The maximum Gasteiger partial charge on any atom is 0.136 e. The molecule has 1 unspecified atom stereocenters. The second-order valence-corrected chi connectivity index (χ2v) is 5.46. The zero-order valence-corrected chi connectivity index (χ0v) is 14.5. The Morgan fingerprint density at radius 3 is 2.17 bits per heavy atom. The highest BCUT2D eigenvalue weighted by atomic mass is 16.5. The van der Waals surface area contributed by atoms with Crippen molar-refractivity contribution in [2.75, 3.05) is 92.2 Å². The van der Waals surface area contributed by atoms with E-state index in [1.165, 1.54) is 0 Å².